The number of aliphatic hydroxyl groups is 1. The van der Waals surface area contributed by atoms with Gasteiger partial charge in [-0.15, -0.1) is 0 Å². The number of rotatable bonds is 12. The van der Waals surface area contributed by atoms with E-state index < -0.39 is 17.7 Å². The average Bonchev–Trinajstić information content (AvgIpc) is 3.41. The van der Waals surface area contributed by atoms with E-state index in [0.29, 0.717) is 30.4 Å². The number of likely N-dealkylation sites (tertiary alicyclic amines) is 1. The minimum absolute atomic E-state index is 0.0622. The molecule has 210 valence electrons. The maximum Gasteiger partial charge on any atom is 0.295 e. The van der Waals surface area contributed by atoms with Crippen molar-refractivity contribution in [2.45, 2.75) is 66.0 Å². The van der Waals surface area contributed by atoms with Crippen molar-refractivity contribution in [3.05, 3.63) is 64.7 Å². The first-order valence-corrected chi connectivity index (χ1v) is 14.3. The molecule has 1 saturated heterocycles. The van der Waals surface area contributed by atoms with Crippen LogP contribution in [0.25, 0.3) is 5.76 Å². The quantitative estimate of drug-likeness (QED) is 0.217. The number of ether oxygens (including phenoxy) is 2. The van der Waals surface area contributed by atoms with E-state index in [0.717, 1.165) is 55.8 Å². The lowest BCUT2D eigenvalue weighted by atomic mass is 9.94. The number of nitrogens with zero attached hydrogens (tertiary/aromatic N) is 2. The molecule has 0 bridgehead atoms. The molecule has 2 aliphatic rings. The number of carbonyl (C=O) groups excluding carboxylic acids is 2. The summed E-state index contributed by atoms with van der Waals surface area (Å²) in [6.45, 7) is 14.2. The van der Waals surface area contributed by atoms with Crippen LogP contribution < -0.4 is 9.47 Å². The van der Waals surface area contributed by atoms with Crippen LogP contribution in [0.5, 0.6) is 11.5 Å². The van der Waals surface area contributed by atoms with Crippen molar-refractivity contribution in [2.75, 3.05) is 32.8 Å². The van der Waals surface area contributed by atoms with Gasteiger partial charge in [-0.2, -0.15) is 0 Å². The van der Waals surface area contributed by atoms with Crippen LogP contribution in [0.1, 0.15) is 70.2 Å². The zero-order chi connectivity index (χ0) is 28.1. The van der Waals surface area contributed by atoms with Crippen molar-refractivity contribution in [3.8, 4) is 11.5 Å². The van der Waals surface area contributed by atoms with Crippen LogP contribution in [0.3, 0.4) is 0 Å². The average molecular weight is 535 g/mol. The number of amides is 1. The number of hydrogen-bond acceptors (Lipinski definition) is 6. The fraction of sp³-hybridized carbons (Fsp3) is 0.500. The standard InChI is InChI=1S/C32H42N2O5/c1-6-33(7-2)15-9-16-34-29(23-10-8-11-26(20-23)38-17-14-21(3)4)28(31(36)32(34)37)30(35)24-12-13-27-25(19-24)18-22(5)39-27/h8,10-13,19-22,29,35H,6-7,9,14-18H2,1-5H3/t22-,29+/m0/s1. The van der Waals surface area contributed by atoms with Gasteiger partial charge in [0.05, 0.1) is 18.2 Å². The van der Waals surface area contributed by atoms with E-state index in [1.165, 1.54) is 0 Å². The number of Topliss-reactive ketones (excluding diaryl/α,β-unsaturated/α-hetero) is 1. The van der Waals surface area contributed by atoms with Crippen molar-refractivity contribution in [3.63, 3.8) is 0 Å². The van der Waals surface area contributed by atoms with Gasteiger partial charge in [0.15, 0.2) is 0 Å². The van der Waals surface area contributed by atoms with Crippen molar-refractivity contribution in [2.24, 2.45) is 5.92 Å². The summed E-state index contributed by atoms with van der Waals surface area (Å²) in [5.41, 5.74) is 2.37. The Morgan fingerprint density at radius 1 is 1.15 bits per heavy atom. The third kappa shape index (κ3) is 6.47. The highest BCUT2D eigenvalue weighted by molar-refractivity contribution is 6.46. The summed E-state index contributed by atoms with van der Waals surface area (Å²) in [6.07, 6.45) is 2.45. The van der Waals surface area contributed by atoms with E-state index in [1.54, 1.807) is 11.0 Å². The molecule has 7 heteroatoms. The second-order valence-electron chi connectivity index (χ2n) is 10.9. The van der Waals surface area contributed by atoms with Gasteiger partial charge < -0.3 is 24.4 Å². The third-order valence-electron chi connectivity index (χ3n) is 7.61. The topological polar surface area (TPSA) is 79.3 Å². The molecule has 0 aliphatic carbocycles. The van der Waals surface area contributed by atoms with Gasteiger partial charge in [0.2, 0.25) is 0 Å². The molecule has 0 saturated carbocycles. The predicted molar refractivity (Wildman–Crippen MR) is 153 cm³/mol. The molecule has 39 heavy (non-hydrogen) atoms. The first kappa shape index (κ1) is 28.7. The molecular weight excluding hydrogens is 492 g/mol. The van der Waals surface area contributed by atoms with Gasteiger partial charge in [-0.3, -0.25) is 9.59 Å². The SMILES string of the molecule is CCN(CC)CCCN1C(=O)C(=O)C(=C(O)c2ccc3c(c2)C[C@H](C)O3)[C@H]1c1cccc(OCCC(C)C)c1. The second kappa shape index (κ2) is 12.7. The summed E-state index contributed by atoms with van der Waals surface area (Å²) in [4.78, 5) is 30.8. The summed E-state index contributed by atoms with van der Waals surface area (Å²) in [5, 5.41) is 11.5. The molecule has 2 aromatic rings. The van der Waals surface area contributed by atoms with E-state index in [-0.39, 0.29) is 17.4 Å². The van der Waals surface area contributed by atoms with Crippen molar-refractivity contribution in [1.82, 2.24) is 9.80 Å². The minimum Gasteiger partial charge on any atom is -0.507 e. The normalized spacial score (nSPS) is 20.1. The van der Waals surface area contributed by atoms with Crippen LogP contribution in [-0.4, -0.2) is 65.5 Å². The van der Waals surface area contributed by atoms with Crippen LogP contribution in [0, 0.1) is 5.92 Å². The number of ketones is 1. The molecule has 2 aromatic carbocycles. The largest absolute Gasteiger partial charge is 0.507 e. The summed E-state index contributed by atoms with van der Waals surface area (Å²) in [7, 11) is 0. The Hall–Kier alpha value is -3.32. The highest BCUT2D eigenvalue weighted by Gasteiger charge is 2.46. The van der Waals surface area contributed by atoms with E-state index in [4.69, 9.17) is 9.47 Å². The van der Waals surface area contributed by atoms with E-state index >= 15 is 0 Å². The lowest BCUT2D eigenvalue weighted by molar-refractivity contribution is -0.140. The summed E-state index contributed by atoms with van der Waals surface area (Å²) in [6, 6.07) is 12.3. The third-order valence-corrected chi connectivity index (χ3v) is 7.61. The van der Waals surface area contributed by atoms with Gasteiger partial charge in [-0.05, 0) is 86.8 Å². The zero-order valence-electron chi connectivity index (χ0n) is 23.9. The molecular formula is C32H42N2O5. The van der Waals surface area contributed by atoms with Crippen LogP contribution in [-0.2, 0) is 16.0 Å². The lowest BCUT2D eigenvalue weighted by Gasteiger charge is -2.27. The monoisotopic (exact) mass is 534 g/mol. The maximum absolute atomic E-state index is 13.5. The smallest absolute Gasteiger partial charge is 0.295 e. The molecule has 0 radical (unpaired) electrons. The zero-order valence-corrected chi connectivity index (χ0v) is 23.9. The molecule has 4 rings (SSSR count). The van der Waals surface area contributed by atoms with Crippen LogP contribution in [0.15, 0.2) is 48.0 Å². The summed E-state index contributed by atoms with van der Waals surface area (Å²) in [5.74, 6) is 0.607. The number of aliphatic hydroxyl groups excluding tert-OH is 1. The molecule has 2 atom stereocenters. The molecule has 0 spiro atoms. The Morgan fingerprint density at radius 3 is 2.64 bits per heavy atom. The first-order valence-electron chi connectivity index (χ1n) is 14.3. The van der Waals surface area contributed by atoms with Gasteiger partial charge in [0.1, 0.15) is 23.4 Å². The van der Waals surface area contributed by atoms with Crippen molar-refractivity contribution < 1.29 is 24.2 Å². The minimum atomic E-state index is -0.696. The van der Waals surface area contributed by atoms with Crippen molar-refractivity contribution >= 4 is 17.4 Å². The number of hydrogen-bond donors (Lipinski definition) is 1. The molecule has 7 nitrogen and oxygen atoms in total. The highest BCUT2D eigenvalue weighted by Crippen LogP contribution is 2.41. The van der Waals surface area contributed by atoms with Gasteiger partial charge >= 0.3 is 0 Å². The highest BCUT2D eigenvalue weighted by atomic mass is 16.5. The molecule has 0 aromatic heterocycles. The Balaban J connectivity index is 1.71. The fourth-order valence-electron chi connectivity index (χ4n) is 5.37. The van der Waals surface area contributed by atoms with Gasteiger partial charge in [0.25, 0.3) is 11.7 Å². The maximum atomic E-state index is 13.5. The summed E-state index contributed by atoms with van der Waals surface area (Å²) >= 11 is 0. The van der Waals surface area contributed by atoms with Crippen LogP contribution in [0.4, 0.5) is 0 Å². The Kier molecular flexibility index (Phi) is 9.33. The van der Waals surface area contributed by atoms with Crippen LogP contribution in [0.2, 0.25) is 0 Å². The molecule has 1 fully saturated rings. The number of carbonyl (C=O) groups is 2. The molecule has 1 N–H and O–H groups in total. The van der Waals surface area contributed by atoms with E-state index in [9.17, 15) is 14.7 Å². The van der Waals surface area contributed by atoms with Crippen molar-refractivity contribution in [1.29, 1.82) is 0 Å². The second-order valence-corrected chi connectivity index (χ2v) is 10.9. The Bertz CT molecular complexity index is 1220. The van der Waals surface area contributed by atoms with Gasteiger partial charge in [-0.1, -0.05) is 39.8 Å². The number of benzene rings is 2. The fourth-order valence-corrected chi connectivity index (χ4v) is 5.37. The molecule has 2 aliphatic heterocycles. The predicted octanol–water partition coefficient (Wildman–Crippen LogP) is 5.59. The Labute approximate surface area is 232 Å². The van der Waals surface area contributed by atoms with Gasteiger partial charge in [0, 0.05) is 18.5 Å². The Morgan fingerprint density at radius 2 is 1.92 bits per heavy atom. The number of fused-ring (bicyclic) bond motifs is 1. The summed E-state index contributed by atoms with van der Waals surface area (Å²) < 4.78 is 11.8. The van der Waals surface area contributed by atoms with Crippen LogP contribution >= 0.6 is 0 Å². The van der Waals surface area contributed by atoms with Gasteiger partial charge in [-0.25, -0.2) is 0 Å². The van der Waals surface area contributed by atoms with E-state index in [1.807, 2.05) is 43.3 Å². The first-order chi connectivity index (χ1) is 18.7. The molecule has 0 unspecified atom stereocenters. The van der Waals surface area contributed by atoms with E-state index in [2.05, 4.69) is 32.6 Å². The molecule has 2 heterocycles. The molecule has 1 amide bonds. The lowest BCUT2D eigenvalue weighted by Crippen LogP contribution is -2.33.